The first-order valence-electron chi connectivity index (χ1n) is 8.56. The van der Waals surface area contributed by atoms with Crippen molar-refractivity contribution >= 4 is 22.7 Å². The van der Waals surface area contributed by atoms with Crippen LogP contribution in [0.15, 0.2) is 71.1 Å². The summed E-state index contributed by atoms with van der Waals surface area (Å²) in [6.07, 6.45) is 0. The Morgan fingerprint density at radius 3 is 2.63 bits per heavy atom. The number of anilines is 1. The van der Waals surface area contributed by atoms with Gasteiger partial charge in [0.25, 0.3) is 5.91 Å². The molecule has 1 amide bonds. The second kappa shape index (κ2) is 6.96. The average Bonchev–Trinajstić information content (AvgIpc) is 3.11. The monoisotopic (exact) mass is 358 g/mol. The van der Waals surface area contributed by atoms with Crippen molar-refractivity contribution in [3.8, 4) is 17.2 Å². The molecular formula is C22H18N2O3. The molecule has 134 valence electrons. The molecule has 3 aromatic carbocycles. The second-order valence-corrected chi connectivity index (χ2v) is 6.23. The molecule has 1 heterocycles. The van der Waals surface area contributed by atoms with Gasteiger partial charge >= 0.3 is 0 Å². The molecule has 0 aliphatic rings. The first-order valence-corrected chi connectivity index (χ1v) is 8.56. The Hall–Kier alpha value is -3.60. The van der Waals surface area contributed by atoms with Crippen LogP contribution in [0, 0.1) is 6.92 Å². The summed E-state index contributed by atoms with van der Waals surface area (Å²) in [5.41, 5.74) is 4.53. The second-order valence-electron chi connectivity index (χ2n) is 6.23. The van der Waals surface area contributed by atoms with Gasteiger partial charge in [0.05, 0.1) is 12.8 Å². The number of rotatable bonds is 4. The fraction of sp³-hybridized carbons (Fsp3) is 0.0909. The van der Waals surface area contributed by atoms with Crippen molar-refractivity contribution in [1.29, 1.82) is 0 Å². The van der Waals surface area contributed by atoms with Gasteiger partial charge in [0.2, 0.25) is 5.89 Å². The van der Waals surface area contributed by atoms with E-state index in [0.717, 1.165) is 22.2 Å². The Balaban J connectivity index is 1.70. The van der Waals surface area contributed by atoms with Crippen LogP contribution in [-0.4, -0.2) is 18.0 Å². The molecule has 0 bridgehead atoms. The first-order chi connectivity index (χ1) is 13.1. The molecule has 0 saturated heterocycles. The van der Waals surface area contributed by atoms with Gasteiger partial charge in [0, 0.05) is 11.1 Å². The van der Waals surface area contributed by atoms with E-state index in [9.17, 15) is 4.79 Å². The van der Waals surface area contributed by atoms with E-state index in [2.05, 4.69) is 10.3 Å². The van der Waals surface area contributed by atoms with Crippen molar-refractivity contribution < 1.29 is 13.9 Å². The summed E-state index contributed by atoms with van der Waals surface area (Å²) < 4.78 is 11.2. The third-order valence-electron chi connectivity index (χ3n) is 4.27. The largest absolute Gasteiger partial charge is 0.495 e. The molecule has 4 aromatic rings. The smallest absolute Gasteiger partial charge is 0.255 e. The van der Waals surface area contributed by atoms with E-state index >= 15 is 0 Å². The van der Waals surface area contributed by atoms with Gasteiger partial charge in [-0.1, -0.05) is 24.3 Å². The molecule has 0 unspecified atom stereocenters. The van der Waals surface area contributed by atoms with Crippen LogP contribution in [0.5, 0.6) is 5.75 Å². The van der Waals surface area contributed by atoms with Crippen LogP contribution in [0.1, 0.15) is 15.9 Å². The van der Waals surface area contributed by atoms with Gasteiger partial charge in [-0.15, -0.1) is 0 Å². The number of carbonyl (C=O) groups is 1. The predicted molar refractivity (Wildman–Crippen MR) is 105 cm³/mol. The van der Waals surface area contributed by atoms with Crippen LogP contribution in [0.4, 0.5) is 5.69 Å². The Bertz CT molecular complexity index is 1120. The minimum Gasteiger partial charge on any atom is -0.495 e. The Morgan fingerprint density at radius 1 is 1.04 bits per heavy atom. The summed E-state index contributed by atoms with van der Waals surface area (Å²) in [6, 6.07) is 20.3. The zero-order valence-electron chi connectivity index (χ0n) is 15.0. The van der Waals surface area contributed by atoms with Crippen molar-refractivity contribution in [2.75, 3.05) is 12.4 Å². The molecule has 0 saturated carbocycles. The lowest BCUT2D eigenvalue weighted by Crippen LogP contribution is -2.12. The van der Waals surface area contributed by atoms with Gasteiger partial charge in [-0.25, -0.2) is 4.98 Å². The minimum absolute atomic E-state index is 0.209. The maximum atomic E-state index is 12.5. The lowest BCUT2D eigenvalue weighted by molar-refractivity contribution is 0.102. The summed E-state index contributed by atoms with van der Waals surface area (Å²) in [5, 5.41) is 2.90. The minimum atomic E-state index is -0.209. The standard InChI is InChI=1S/C22H18N2O3/c1-14-8-10-20-17(12-14)24-22(27-20)16-9-11-19(26-2)18(13-16)23-21(25)15-6-4-3-5-7-15/h3-13H,1-2H3,(H,23,25). The number of hydrogen-bond donors (Lipinski definition) is 1. The van der Waals surface area contributed by atoms with Gasteiger partial charge in [-0.2, -0.15) is 0 Å². The van der Waals surface area contributed by atoms with Gasteiger partial charge in [0.1, 0.15) is 11.3 Å². The number of fused-ring (bicyclic) bond motifs is 1. The third-order valence-corrected chi connectivity index (χ3v) is 4.27. The maximum Gasteiger partial charge on any atom is 0.255 e. The normalized spacial score (nSPS) is 10.7. The molecule has 0 spiro atoms. The molecule has 0 atom stereocenters. The van der Waals surface area contributed by atoms with Gasteiger partial charge in [-0.05, 0) is 55.0 Å². The van der Waals surface area contributed by atoms with Crippen molar-refractivity contribution in [3.05, 3.63) is 77.9 Å². The number of benzene rings is 3. The lowest BCUT2D eigenvalue weighted by atomic mass is 10.1. The molecule has 5 heteroatoms. The van der Waals surface area contributed by atoms with E-state index in [-0.39, 0.29) is 5.91 Å². The summed E-state index contributed by atoms with van der Waals surface area (Å²) in [5.74, 6) is 0.850. The number of ether oxygens (including phenoxy) is 1. The van der Waals surface area contributed by atoms with Gasteiger partial charge < -0.3 is 14.5 Å². The maximum absolute atomic E-state index is 12.5. The van der Waals surface area contributed by atoms with Crippen molar-refractivity contribution in [3.63, 3.8) is 0 Å². The summed E-state index contributed by atoms with van der Waals surface area (Å²) >= 11 is 0. The summed E-state index contributed by atoms with van der Waals surface area (Å²) in [6.45, 7) is 2.01. The topological polar surface area (TPSA) is 64.4 Å². The fourth-order valence-electron chi connectivity index (χ4n) is 2.88. The molecule has 4 rings (SSSR count). The van der Waals surface area contributed by atoms with Crippen LogP contribution < -0.4 is 10.1 Å². The highest BCUT2D eigenvalue weighted by molar-refractivity contribution is 6.05. The third kappa shape index (κ3) is 3.40. The van der Waals surface area contributed by atoms with Crippen LogP contribution in [0.25, 0.3) is 22.6 Å². The highest BCUT2D eigenvalue weighted by Gasteiger charge is 2.14. The zero-order chi connectivity index (χ0) is 18.8. The highest BCUT2D eigenvalue weighted by Crippen LogP contribution is 2.32. The number of oxazole rings is 1. The van der Waals surface area contributed by atoms with Crippen molar-refractivity contribution in [1.82, 2.24) is 4.98 Å². The molecule has 0 radical (unpaired) electrons. The Morgan fingerprint density at radius 2 is 1.85 bits per heavy atom. The van der Waals surface area contributed by atoms with E-state index in [1.54, 1.807) is 31.4 Å². The van der Waals surface area contributed by atoms with Crippen LogP contribution in [0.3, 0.4) is 0 Å². The Labute approximate surface area is 156 Å². The SMILES string of the molecule is COc1ccc(-c2nc3cc(C)ccc3o2)cc1NC(=O)c1ccccc1. The molecular weight excluding hydrogens is 340 g/mol. The van der Waals surface area contributed by atoms with E-state index in [4.69, 9.17) is 9.15 Å². The zero-order valence-corrected chi connectivity index (χ0v) is 15.0. The number of aromatic nitrogens is 1. The number of carbonyl (C=O) groups excluding carboxylic acids is 1. The van der Waals surface area contributed by atoms with Crippen LogP contribution >= 0.6 is 0 Å². The van der Waals surface area contributed by atoms with Crippen molar-refractivity contribution in [2.24, 2.45) is 0 Å². The molecule has 27 heavy (non-hydrogen) atoms. The van der Waals surface area contributed by atoms with E-state index in [0.29, 0.717) is 22.9 Å². The van der Waals surface area contributed by atoms with Crippen LogP contribution in [0.2, 0.25) is 0 Å². The first kappa shape index (κ1) is 16.8. The van der Waals surface area contributed by atoms with Crippen LogP contribution in [-0.2, 0) is 0 Å². The quantitative estimate of drug-likeness (QED) is 0.553. The predicted octanol–water partition coefficient (Wildman–Crippen LogP) is 5.06. The number of hydrogen-bond acceptors (Lipinski definition) is 4. The van der Waals surface area contributed by atoms with E-state index < -0.39 is 0 Å². The number of nitrogens with zero attached hydrogens (tertiary/aromatic N) is 1. The number of nitrogens with one attached hydrogen (secondary N) is 1. The fourth-order valence-corrected chi connectivity index (χ4v) is 2.88. The molecule has 5 nitrogen and oxygen atoms in total. The Kier molecular flexibility index (Phi) is 4.34. The number of aryl methyl sites for hydroxylation is 1. The summed E-state index contributed by atoms with van der Waals surface area (Å²) in [4.78, 5) is 17.1. The molecule has 1 N–H and O–H groups in total. The molecule has 0 aliphatic heterocycles. The molecule has 0 aliphatic carbocycles. The van der Waals surface area contributed by atoms with E-state index in [1.165, 1.54) is 0 Å². The average molecular weight is 358 g/mol. The molecule has 0 fully saturated rings. The number of methoxy groups -OCH3 is 1. The number of amides is 1. The summed E-state index contributed by atoms with van der Waals surface area (Å²) in [7, 11) is 1.56. The molecule has 1 aromatic heterocycles. The highest BCUT2D eigenvalue weighted by atomic mass is 16.5. The van der Waals surface area contributed by atoms with Gasteiger partial charge in [0.15, 0.2) is 5.58 Å². The lowest BCUT2D eigenvalue weighted by Gasteiger charge is -2.11. The van der Waals surface area contributed by atoms with E-state index in [1.807, 2.05) is 49.4 Å². The van der Waals surface area contributed by atoms with Gasteiger partial charge in [-0.3, -0.25) is 4.79 Å². The van der Waals surface area contributed by atoms with Crippen molar-refractivity contribution in [2.45, 2.75) is 6.92 Å².